The predicted octanol–water partition coefficient (Wildman–Crippen LogP) is 15.2. The Hall–Kier alpha value is -8.79. The lowest BCUT2D eigenvalue weighted by molar-refractivity contribution is 0.633. The van der Waals surface area contributed by atoms with Crippen LogP contribution in [0.3, 0.4) is 0 Å². The second-order valence-corrected chi connectivity index (χ2v) is 18.2. The summed E-state index contributed by atoms with van der Waals surface area (Å²) in [4.78, 5) is 15.8. The third-order valence-corrected chi connectivity index (χ3v) is 14.8. The Kier molecular flexibility index (Phi) is 8.41. The van der Waals surface area contributed by atoms with Crippen LogP contribution in [0, 0.1) is 0 Å². The van der Waals surface area contributed by atoms with Gasteiger partial charge in [0.15, 0.2) is 17.5 Å². The van der Waals surface area contributed by atoms with Crippen LogP contribution < -0.4 is 0 Å². The van der Waals surface area contributed by atoms with Gasteiger partial charge < -0.3 is 0 Å². The molecule has 11 aromatic rings. The number of aromatic nitrogens is 3. The van der Waals surface area contributed by atoms with Crippen LogP contribution in [0.25, 0.3) is 78.7 Å². The minimum Gasteiger partial charge on any atom is -0.208 e. The molecule has 68 heavy (non-hydrogen) atoms. The van der Waals surface area contributed by atoms with Crippen molar-refractivity contribution < 1.29 is 0 Å². The van der Waals surface area contributed by atoms with Gasteiger partial charge in [-0.15, -0.1) is 0 Å². The number of hydrogen-bond donors (Lipinski definition) is 0. The molecule has 2 spiro atoms. The number of rotatable bonds is 5. The van der Waals surface area contributed by atoms with Gasteiger partial charge in [-0.1, -0.05) is 237 Å². The summed E-state index contributed by atoms with van der Waals surface area (Å²) in [6, 6.07) is 90.8. The first kappa shape index (κ1) is 38.5. The molecule has 0 saturated carbocycles. The van der Waals surface area contributed by atoms with Crippen molar-refractivity contribution in [2.45, 2.75) is 10.8 Å². The molecule has 0 unspecified atom stereocenters. The van der Waals surface area contributed by atoms with Gasteiger partial charge in [0.25, 0.3) is 0 Å². The number of hydrogen-bond acceptors (Lipinski definition) is 3. The Morgan fingerprint density at radius 2 is 0.559 bits per heavy atom. The van der Waals surface area contributed by atoms with Gasteiger partial charge in [-0.2, -0.15) is 0 Å². The maximum absolute atomic E-state index is 5.35. The number of fused-ring (bicyclic) bond motifs is 16. The highest BCUT2D eigenvalue weighted by Crippen LogP contribution is 2.67. The molecule has 3 aliphatic rings. The standard InChI is InChI=1S/C65H41N3/c1-3-20-42(21-4-1)44-24-19-25-46(40-44)62-66-61(43-22-5-2-6-23-43)67-63(68-62)52-31-8-7-26-47(52)45-38-39-59-60(41-45)65(55-34-15-11-29-50(55)51-30-12-16-35-56(51)65)58-37-18-17-36-57(58)64(59)53-32-13-9-27-48(53)49-28-10-14-33-54(49)64/h1-41H. The van der Waals surface area contributed by atoms with Crippen LogP contribution in [0.2, 0.25) is 0 Å². The first-order valence-electron chi connectivity index (χ1n) is 23.4. The Bertz CT molecular complexity index is 3720. The van der Waals surface area contributed by atoms with Gasteiger partial charge in [0.2, 0.25) is 0 Å². The zero-order chi connectivity index (χ0) is 44.8. The van der Waals surface area contributed by atoms with Gasteiger partial charge in [-0.05, 0) is 101 Å². The van der Waals surface area contributed by atoms with E-state index in [-0.39, 0.29) is 0 Å². The van der Waals surface area contributed by atoms with Crippen LogP contribution in [0.4, 0.5) is 0 Å². The smallest absolute Gasteiger partial charge is 0.164 e. The van der Waals surface area contributed by atoms with E-state index in [1.165, 1.54) is 66.8 Å². The summed E-state index contributed by atoms with van der Waals surface area (Å²) in [6.07, 6.45) is 0. The molecule has 0 bridgehead atoms. The second kappa shape index (κ2) is 14.9. The Morgan fingerprint density at radius 1 is 0.191 bits per heavy atom. The van der Waals surface area contributed by atoms with Gasteiger partial charge in [-0.3, -0.25) is 0 Å². The molecule has 0 fully saturated rings. The summed E-state index contributed by atoms with van der Waals surface area (Å²) >= 11 is 0. The largest absolute Gasteiger partial charge is 0.208 e. The molecule has 0 atom stereocenters. The Balaban J connectivity index is 1.05. The van der Waals surface area contributed by atoms with Crippen molar-refractivity contribution in [3.63, 3.8) is 0 Å². The predicted molar refractivity (Wildman–Crippen MR) is 275 cm³/mol. The summed E-state index contributed by atoms with van der Waals surface area (Å²) in [5, 5.41) is 0. The van der Waals surface area contributed by atoms with Crippen molar-refractivity contribution in [2.24, 2.45) is 0 Å². The van der Waals surface area contributed by atoms with E-state index in [9.17, 15) is 0 Å². The van der Waals surface area contributed by atoms with Gasteiger partial charge >= 0.3 is 0 Å². The van der Waals surface area contributed by atoms with E-state index in [2.05, 4.69) is 224 Å². The van der Waals surface area contributed by atoms with E-state index in [0.717, 1.165) is 38.9 Å². The summed E-state index contributed by atoms with van der Waals surface area (Å²) in [7, 11) is 0. The van der Waals surface area contributed by atoms with Crippen LogP contribution in [-0.2, 0) is 10.8 Å². The van der Waals surface area contributed by atoms with Crippen LogP contribution >= 0.6 is 0 Å². The highest BCUT2D eigenvalue weighted by atomic mass is 15.0. The molecule has 316 valence electrons. The van der Waals surface area contributed by atoms with Crippen molar-refractivity contribution >= 4 is 0 Å². The second-order valence-electron chi connectivity index (χ2n) is 18.2. The third-order valence-electron chi connectivity index (χ3n) is 14.8. The molecule has 10 aromatic carbocycles. The van der Waals surface area contributed by atoms with Crippen molar-refractivity contribution in [1.82, 2.24) is 15.0 Å². The molecular weight excluding hydrogens is 823 g/mol. The zero-order valence-corrected chi connectivity index (χ0v) is 37.0. The van der Waals surface area contributed by atoms with Crippen LogP contribution in [0.15, 0.2) is 249 Å². The molecule has 14 rings (SSSR count). The molecule has 0 aliphatic heterocycles. The topological polar surface area (TPSA) is 38.7 Å². The third kappa shape index (κ3) is 5.33. The fourth-order valence-electron chi connectivity index (χ4n) is 12.1. The van der Waals surface area contributed by atoms with Crippen molar-refractivity contribution in [3.8, 4) is 78.7 Å². The molecule has 0 N–H and O–H groups in total. The lowest BCUT2D eigenvalue weighted by Gasteiger charge is -2.49. The molecular formula is C65H41N3. The fourth-order valence-corrected chi connectivity index (χ4v) is 12.1. The Morgan fingerprint density at radius 3 is 1.10 bits per heavy atom. The molecule has 1 heterocycles. The molecule has 3 aliphatic carbocycles. The zero-order valence-electron chi connectivity index (χ0n) is 37.0. The van der Waals surface area contributed by atoms with Gasteiger partial charge in [-0.25, -0.2) is 15.0 Å². The minimum atomic E-state index is -0.605. The molecule has 1 aromatic heterocycles. The van der Waals surface area contributed by atoms with E-state index in [1.807, 2.05) is 24.3 Å². The average Bonchev–Trinajstić information content (AvgIpc) is 3.89. The molecule has 0 saturated heterocycles. The number of nitrogens with zero attached hydrogens (tertiary/aromatic N) is 3. The average molecular weight is 864 g/mol. The molecule has 3 heteroatoms. The quantitative estimate of drug-likeness (QED) is 0.173. The lowest BCUT2D eigenvalue weighted by Crippen LogP contribution is -2.43. The highest BCUT2D eigenvalue weighted by Gasteiger charge is 2.59. The first-order chi connectivity index (χ1) is 33.7. The highest BCUT2D eigenvalue weighted by molar-refractivity contribution is 5.95. The molecule has 3 nitrogen and oxygen atoms in total. The van der Waals surface area contributed by atoms with Crippen LogP contribution in [0.5, 0.6) is 0 Å². The summed E-state index contributed by atoms with van der Waals surface area (Å²) < 4.78 is 0. The first-order valence-corrected chi connectivity index (χ1v) is 23.4. The number of benzene rings is 10. The summed E-state index contributed by atoms with van der Waals surface area (Å²) in [5.74, 6) is 1.88. The maximum atomic E-state index is 5.35. The van der Waals surface area contributed by atoms with Gasteiger partial charge in [0.1, 0.15) is 0 Å². The van der Waals surface area contributed by atoms with Crippen molar-refractivity contribution in [3.05, 3.63) is 293 Å². The van der Waals surface area contributed by atoms with Crippen molar-refractivity contribution in [1.29, 1.82) is 0 Å². The van der Waals surface area contributed by atoms with Crippen LogP contribution in [0.1, 0.15) is 44.5 Å². The molecule has 0 radical (unpaired) electrons. The molecule has 0 amide bonds. The maximum Gasteiger partial charge on any atom is 0.164 e. The summed E-state index contributed by atoms with van der Waals surface area (Å²) in [6.45, 7) is 0. The normalized spacial score (nSPS) is 13.8. The van der Waals surface area contributed by atoms with Crippen LogP contribution in [-0.4, -0.2) is 15.0 Å². The van der Waals surface area contributed by atoms with Gasteiger partial charge in [0, 0.05) is 16.7 Å². The Labute approximate surface area is 395 Å². The fraction of sp³-hybridized carbons (Fsp3) is 0.0308. The van der Waals surface area contributed by atoms with Crippen molar-refractivity contribution in [2.75, 3.05) is 0 Å². The van der Waals surface area contributed by atoms with E-state index in [0.29, 0.717) is 17.5 Å². The van der Waals surface area contributed by atoms with E-state index < -0.39 is 10.8 Å². The van der Waals surface area contributed by atoms with E-state index >= 15 is 0 Å². The lowest BCUT2D eigenvalue weighted by atomic mass is 9.52. The van der Waals surface area contributed by atoms with E-state index in [1.54, 1.807) is 0 Å². The SMILES string of the molecule is c1ccc(-c2cccc(-c3nc(-c4ccccc4)nc(-c4ccccc4-c4ccc5c(c4)C4(c6ccccc6-c6ccccc64)c4ccccc4C54c5ccccc5-c5ccccc54)n3)c2)cc1. The van der Waals surface area contributed by atoms with Gasteiger partial charge in [0.05, 0.1) is 10.8 Å². The minimum absolute atomic E-state index is 0.559. The monoisotopic (exact) mass is 863 g/mol. The summed E-state index contributed by atoms with van der Waals surface area (Å²) in [5.41, 5.74) is 21.7. The van der Waals surface area contributed by atoms with E-state index in [4.69, 9.17) is 15.0 Å².